The number of allylic oxidation sites excluding steroid dienone is 1. The number of hydrogen-bond acceptors (Lipinski definition) is 0. The Morgan fingerprint density at radius 1 is 1.23 bits per heavy atom. The Balaban J connectivity index is 2.67. The Bertz CT molecular complexity index is 356. The zero-order valence-electron chi connectivity index (χ0n) is 8.59. The third kappa shape index (κ3) is 1.31. The monoisotopic (exact) mass is 172 g/mol. The Labute approximate surface area is 80.3 Å². The van der Waals surface area contributed by atoms with Crippen LogP contribution in [-0.2, 0) is 5.41 Å². The van der Waals surface area contributed by atoms with Crippen LogP contribution in [0.25, 0.3) is 6.08 Å². The molecule has 0 bridgehead atoms. The second kappa shape index (κ2) is 2.73. The lowest BCUT2D eigenvalue weighted by atomic mass is 9.75. The molecule has 0 unspecified atom stereocenters. The molecular formula is C13H16. The molecule has 0 heteroatoms. The molecule has 0 nitrogen and oxygen atoms in total. The van der Waals surface area contributed by atoms with Gasteiger partial charge >= 0.3 is 0 Å². The summed E-state index contributed by atoms with van der Waals surface area (Å²) in [6.45, 7) is 6.81. The summed E-state index contributed by atoms with van der Waals surface area (Å²) in [6.07, 6.45) is 5.70. The predicted molar refractivity (Wildman–Crippen MR) is 57.9 cm³/mol. The summed E-state index contributed by atoms with van der Waals surface area (Å²) >= 11 is 0. The fourth-order valence-corrected chi connectivity index (χ4v) is 2.07. The maximum Gasteiger partial charge on any atom is -0.00630 e. The molecule has 0 aliphatic heterocycles. The Morgan fingerprint density at radius 2 is 2.00 bits per heavy atom. The molecule has 2 rings (SSSR count). The topological polar surface area (TPSA) is 0 Å². The van der Waals surface area contributed by atoms with Gasteiger partial charge in [-0.2, -0.15) is 0 Å². The van der Waals surface area contributed by atoms with E-state index in [4.69, 9.17) is 0 Å². The molecule has 0 fully saturated rings. The molecule has 0 N–H and O–H groups in total. The average Bonchev–Trinajstić information content (AvgIpc) is 2.06. The zero-order valence-corrected chi connectivity index (χ0v) is 8.59. The lowest BCUT2D eigenvalue weighted by molar-refractivity contribution is 0.528. The van der Waals surface area contributed by atoms with Gasteiger partial charge in [-0.25, -0.2) is 0 Å². The van der Waals surface area contributed by atoms with Crippen LogP contribution in [0.4, 0.5) is 0 Å². The van der Waals surface area contributed by atoms with Crippen molar-refractivity contribution in [1.82, 2.24) is 0 Å². The van der Waals surface area contributed by atoms with Gasteiger partial charge in [0.2, 0.25) is 0 Å². The van der Waals surface area contributed by atoms with Crippen molar-refractivity contribution in [3.05, 3.63) is 41.0 Å². The molecule has 1 aromatic rings. The van der Waals surface area contributed by atoms with Crippen LogP contribution >= 0.6 is 0 Å². The maximum atomic E-state index is 2.31. The lowest BCUT2D eigenvalue weighted by Gasteiger charge is -2.29. The van der Waals surface area contributed by atoms with Crippen LogP contribution in [0.15, 0.2) is 24.3 Å². The van der Waals surface area contributed by atoms with Crippen molar-refractivity contribution in [1.29, 1.82) is 0 Å². The molecule has 0 atom stereocenters. The third-order valence-corrected chi connectivity index (χ3v) is 2.97. The van der Waals surface area contributed by atoms with Gasteiger partial charge < -0.3 is 0 Å². The normalized spacial score (nSPS) is 18.4. The van der Waals surface area contributed by atoms with E-state index >= 15 is 0 Å². The van der Waals surface area contributed by atoms with E-state index < -0.39 is 0 Å². The van der Waals surface area contributed by atoms with Gasteiger partial charge in [0.1, 0.15) is 0 Å². The van der Waals surface area contributed by atoms with E-state index in [-0.39, 0.29) is 0 Å². The van der Waals surface area contributed by atoms with E-state index in [1.54, 1.807) is 0 Å². The Morgan fingerprint density at radius 3 is 2.69 bits per heavy atom. The first-order valence-electron chi connectivity index (χ1n) is 4.88. The molecule has 0 saturated carbocycles. The van der Waals surface area contributed by atoms with Crippen molar-refractivity contribution in [3.8, 4) is 0 Å². The molecule has 0 radical (unpaired) electrons. The van der Waals surface area contributed by atoms with E-state index in [9.17, 15) is 0 Å². The van der Waals surface area contributed by atoms with E-state index in [1.165, 1.54) is 16.7 Å². The van der Waals surface area contributed by atoms with Gasteiger partial charge in [-0.3, -0.25) is 0 Å². The number of rotatable bonds is 0. The summed E-state index contributed by atoms with van der Waals surface area (Å²) in [5.41, 5.74) is 4.63. The molecule has 0 heterocycles. The average molecular weight is 172 g/mol. The minimum atomic E-state index is 0.316. The van der Waals surface area contributed by atoms with Gasteiger partial charge in [-0.05, 0) is 35.4 Å². The quantitative estimate of drug-likeness (QED) is 0.560. The third-order valence-electron chi connectivity index (χ3n) is 2.97. The van der Waals surface area contributed by atoms with Crippen LogP contribution in [0.3, 0.4) is 0 Å². The van der Waals surface area contributed by atoms with Crippen LogP contribution in [0.5, 0.6) is 0 Å². The van der Waals surface area contributed by atoms with Crippen molar-refractivity contribution in [2.45, 2.75) is 32.6 Å². The zero-order chi connectivity index (χ0) is 9.47. The van der Waals surface area contributed by atoms with Gasteiger partial charge in [0.05, 0.1) is 0 Å². The largest absolute Gasteiger partial charge is 0.0831 e. The highest BCUT2D eigenvalue weighted by atomic mass is 14.3. The summed E-state index contributed by atoms with van der Waals surface area (Å²) < 4.78 is 0. The number of benzene rings is 1. The van der Waals surface area contributed by atoms with Crippen molar-refractivity contribution < 1.29 is 0 Å². The summed E-state index contributed by atoms with van der Waals surface area (Å²) in [6, 6.07) is 6.60. The number of aryl methyl sites for hydroxylation is 1. The van der Waals surface area contributed by atoms with E-state index in [2.05, 4.69) is 51.1 Å². The number of hydrogen-bond donors (Lipinski definition) is 0. The Hall–Kier alpha value is -1.04. The molecule has 0 amide bonds. The molecule has 1 aromatic carbocycles. The van der Waals surface area contributed by atoms with Gasteiger partial charge in [-0.1, -0.05) is 44.2 Å². The van der Waals surface area contributed by atoms with Crippen LogP contribution in [0.2, 0.25) is 0 Å². The maximum absolute atomic E-state index is 2.31. The highest BCUT2D eigenvalue weighted by molar-refractivity contribution is 5.62. The molecule has 13 heavy (non-hydrogen) atoms. The first kappa shape index (κ1) is 8.55. The standard InChI is InChI=1S/C13H16/c1-10-6-4-8-12-11(10)7-5-9-13(12,2)3/h4-8H,9H2,1-3H3. The lowest BCUT2D eigenvalue weighted by Crippen LogP contribution is -2.20. The molecule has 0 saturated heterocycles. The summed E-state index contributed by atoms with van der Waals surface area (Å²) in [5.74, 6) is 0. The molecule has 0 aromatic heterocycles. The van der Waals surface area contributed by atoms with Gasteiger partial charge in [-0.15, -0.1) is 0 Å². The van der Waals surface area contributed by atoms with Crippen molar-refractivity contribution in [3.63, 3.8) is 0 Å². The van der Waals surface area contributed by atoms with Gasteiger partial charge in [0, 0.05) is 0 Å². The highest BCUT2D eigenvalue weighted by Crippen LogP contribution is 2.35. The highest BCUT2D eigenvalue weighted by Gasteiger charge is 2.24. The van der Waals surface area contributed by atoms with Crippen LogP contribution in [0, 0.1) is 6.92 Å². The van der Waals surface area contributed by atoms with E-state index in [0.717, 1.165) is 6.42 Å². The Kier molecular flexibility index (Phi) is 1.80. The minimum absolute atomic E-state index is 0.316. The molecule has 1 aliphatic carbocycles. The molecule has 68 valence electrons. The van der Waals surface area contributed by atoms with E-state index in [1.807, 2.05) is 0 Å². The fourth-order valence-electron chi connectivity index (χ4n) is 2.07. The van der Waals surface area contributed by atoms with Gasteiger partial charge in [0.25, 0.3) is 0 Å². The predicted octanol–water partition coefficient (Wildman–Crippen LogP) is 3.69. The van der Waals surface area contributed by atoms with Gasteiger partial charge in [0.15, 0.2) is 0 Å². The second-order valence-corrected chi connectivity index (χ2v) is 4.53. The second-order valence-electron chi connectivity index (χ2n) is 4.53. The molecule has 1 aliphatic rings. The van der Waals surface area contributed by atoms with Crippen molar-refractivity contribution in [2.24, 2.45) is 0 Å². The molecule has 0 spiro atoms. The minimum Gasteiger partial charge on any atom is -0.0831 e. The smallest absolute Gasteiger partial charge is 0.00630 e. The molecular weight excluding hydrogens is 156 g/mol. The van der Waals surface area contributed by atoms with Crippen LogP contribution < -0.4 is 0 Å². The first-order valence-corrected chi connectivity index (χ1v) is 4.88. The van der Waals surface area contributed by atoms with Crippen LogP contribution in [0.1, 0.15) is 37.0 Å². The first-order chi connectivity index (χ1) is 6.11. The fraction of sp³-hybridized carbons (Fsp3) is 0.385. The SMILES string of the molecule is Cc1cccc2c1C=CCC2(C)C. The van der Waals surface area contributed by atoms with E-state index in [0.29, 0.717) is 5.41 Å². The summed E-state index contributed by atoms with van der Waals surface area (Å²) in [7, 11) is 0. The summed E-state index contributed by atoms with van der Waals surface area (Å²) in [4.78, 5) is 0. The van der Waals surface area contributed by atoms with Crippen molar-refractivity contribution in [2.75, 3.05) is 0 Å². The van der Waals surface area contributed by atoms with Crippen LogP contribution in [-0.4, -0.2) is 0 Å². The van der Waals surface area contributed by atoms with Crippen molar-refractivity contribution >= 4 is 6.08 Å². The summed E-state index contributed by atoms with van der Waals surface area (Å²) in [5, 5.41) is 0. The number of fused-ring (bicyclic) bond motifs is 1.